The second-order valence-corrected chi connectivity index (χ2v) is 5.36. The molecule has 0 N–H and O–H groups in total. The molecule has 0 bridgehead atoms. The van der Waals surface area contributed by atoms with Crippen LogP contribution in [0.2, 0.25) is 0 Å². The van der Waals surface area contributed by atoms with Gasteiger partial charge >= 0.3 is 7.60 Å². The third-order valence-corrected chi connectivity index (χ3v) is 3.47. The third kappa shape index (κ3) is 5.68. The summed E-state index contributed by atoms with van der Waals surface area (Å²) in [6.45, 7) is 0. The number of terminal acetylenes is 2. The fraction of sp³-hybridized carbons (Fsp3) is 0.0667. The molecular weight excluding hydrogens is 259 g/mol. The van der Waals surface area contributed by atoms with E-state index in [1.54, 1.807) is 12.2 Å². The fourth-order valence-electron chi connectivity index (χ4n) is 1.25. The Kier molecular flexibility index (Phi) is 6.10. The van der Waals surface area contributed by atoms with Crippen LogP contribution in [0.1, 0.15) is 5.56 Å². The second kappa shape index (κ2) is 7.88. The largest absolute Gasteiger partial charge is 0.450 e. The number of rotatable bonds is 6. The maximum atomic E-state index is 11.8. The van der Waals surface area contributed by atoms with Gasteiger partial charge in [-0.3, -0.25) is 0 Å². The van der Waals surface area contributed by atoms with Crippen molar-refractivity contribution in [3.8, 4) is 25.1 Å². The normalized spacial score (nSPS) is 11.1. The van der Waals surface area contributed by atoms with Crippen LogP contribution in [0, 0.1) is 25.1 Å². The van der Waals surface area contributed by atoms with Gasteiger partial charge in [-0.2, -0.15) is 0 Å². The van der Waals surface area contributed by atoms with Crippen molar-refractivity contribution in [2.24, 2.45) is 0 Å². The van der Waals surface area contributed by atoms with Gasteiger partial charge in [0.05, 0.1) is 6.16 Å². The van der Waals surface area contributed by atoms with E-state index in [9.17, 15) is 4.57 Å². The summed E-state index contributed by atoms with van der Waals surface area (Å²) in [5, 5.41) is 0. The molecular formula is C15H13O3P. The Morgan fingerprint density at radius 3 is 2.32 bits per heavy atom. The van der Waals surface area contributed by atoms with Gasteiger partial charge in [-0.1, -0.05) is 67.5 Å². The van der Waals surface area contributed by atoms with E-state index in [0.29, 0.717) is 0 Å². The van der Waals surface area contributed by atoms with Crippen molar-refractivity contribution < 1.29 is 13.6 Å². The first kappa shape index (κ1) is 14.7. The summed E-state index contributed by atoms with van der Waals surface area (Å²) in [5.74, 6) is 0. The highest BCUT2D eigenvalue weighted by atomic mass is 31.2. The summed E-state index contributed by atoms with van der Waals surface area (Å²) in [5.41, 5.74) is 1.06. The lowest BCUT2D eigenvalue weighted by molar-refractivity contribution is 0.358. The Hall–Kier alpha value is -2.35. The maximum absolute atomic E-state index is 11.8. The van der Waals surface area contributed by atoms with Crippen molar-refractivity contribution in [3.63, 3.8) is 0 Å². The number of benzene rings is 1. The van der Waals surface area contributed by atoms with Crippen LogP contribution in [0.25, 0.3) is 6.08 Å². The molecule has 0 unspecified atom stereocenters. The number of allylic oxidation sites excluding steroid dienone is 3. The summed E-state index contributed by atoms with van der Waals surface area (Å²) >= 11 is 0. The molecule has 0 atom stereocenters. The van der Waals surface area contributed by atoms with Gasteiger partial charge in [-0.05, 0) is 5.56 Å². The van der Waals surface area contributed by atoms with E-state index >= 15 is 0 Å². The van der Waals surface area contributed by atoms with E-state index < -0.39 is 7.60 Å². The molecule has 0 aliphatic heterocycles. The zero-order valence-corrected chi connectivity index (χ0v) is 11.1. The van der Waals surface area contributed by atoms with Gasteiger partial charge in [-0.25, -0.2) is 4.57 Å². The lowest BCUT2D eigenvalue weighted by Gasteiger charge is -2.08. The Morgan fingerprint density at radius 1 is 1.11 bits per heavy atom. The zero-order valence-electron chi connectivity index (χ0n) is 10.2. The van der Waals surface area contributed by atoms with Crippen molar-refractivity contribution in [3.05, 3.63) is 54.1 Å². The van der Waals surface area contributed by atoms with E-state index in [2.05, 4.69) is 9.05 Å². The highest BCUT2D eigenvalue weighted by Gasteiger charge is 2.23. The molecule has 96 valence electrons. The lowest BCUT2D eigenvalue weighted by Crippen LogP contribution is -1.90. The molecule has 0 spiro atoms. The molecule has 0 heterocycles. The molecule has 1 aromatic carbocycles. The van der Waals surface area contributed by atoms with E-state index in [0.717, 1.165) is 5.56 Å². The van der Waals surface area contributed by atoms with Crippen LogP contribution in [0.15, 0.2) is 48.6 Å². The molecule has 0 radical (unpaired) electrons. The van der Waals surface area contributed by atoms with Crippen molar-refractivity contribution in [2.45, 2.75) is 0 Å². The first-order valence-corrected chi connectivity index (χ1v) is 7.19. The Morgan fingerprint density at radius 2 is 1.74 bits per heavy atom. The molecule has 0 fully saturated rings. The van der Waals surface area contributed by atoms with Gasteiger partial charge in [0.15, 0.2) is 0 Å². The molecule has 0 saturated heterocycles. The molecule has 0 aliphatic rings. The van der Waals surface area contributed by atoms with Crippen molar-refractivity contribution >= 4 is 13.7 Å². The van der Waals surface area contributed by atoms with Crippen LogP contribution in [0.4, 0.5) is 0 Å². The smallest absolute Gasteiger partial charge is 0.362 e. The monoisotopic (exact) mass is 272 g/mol. The van der Waals surface area contributed by atoms with Crippen molar-refractivity contribution in [1.82, 2.24) is 0 Å². The Labute approximate surface area is 113 Å². The van der Waals surface area contributed by atoms with Gasteiger partial charge in [-0.15, -0.1) is 0 Å². The van der Waals surface area contributed by atoms with Gasteiger partial charge in [0.1, 0.15) is 12.2 Å². The summed E-state index contributed by atoms with van der Waals surface area (Å²) in [4.78, 5) is 0. The van der Waals surface area contributed by atoms with Crippen molar-refractivity contribution in [1.29, 1.82) is 0 Å². The Bertz CT molecular complexity index is 554. The van der Waals surface area contributed by atoms with Gasteiger partial charge in [0, 0.05) is 0 Å². The predicted molar refractivity (Wildman–Crippen MR) is 76.9 cm³/mol. The zero-order chi connectivity index (χ0) is 14.0. The highest BCUT2D eigenvalue weighted by Crippen LogP contribution is 2.47. The minimum absolute atomic E-state index is 0.0144. The summed E-state index contributed by atoms with van der Waals surface area (Å²) in [7, 11) is -3.42. The lowest BCUT2D eigenvalue weighted by atomic mass is 10.2. The average molecular weight is 272 g/mol. The van der Waals surface area contributed by atoms with E-state index in [4.69, 9.17) is 12.8 Å². The molecule has 1 aromatic rings. The SMILES string of the molecule is C#COP(=O)(C/C=C/C=C/c1ccccc1)OC#C. The summed E-state index contributed by atoms with van der Waals surface area (Å²) in [6, 6.07) is 9.77. The topological polar surface area (TPSA) is 35.5 Å². The van der Waals surface area contributed by atoms with Gasteiger partial charge in [0.2, 0.25) is 0 Å². The summed E-state index contributed by atoms with van der Waals surface area (Å²) in [6.07, 6.45) is 20.6. The second-order valence-electron chi connectivity index (χ2n) is 3.41. The molecule has 4 heteroatoms. The molecule has 19 heavy (non-hydrogen) atoms. The molecule has 0 aromatic heterocycles. The van der Waals surface area contributed by atoms with Crippen LogP contribution in [0.3, 0.4) is 0 Å². The van der Waals surface area contributed by atoms with E-state index in [1.807, 2.05) is 54.7 Å². The average Bonchev–Trinajstić information content (AvgIpc) is 2.40. The number of hydrogen-bond donors (Lipinski definition) is 0. The first-order valence-electron chi connectivity index (χ1n) is 5.46. The fourth-order valence-corrected chi connectivity index (χ4v) is 2.14. The third-order valence-electron chi connectivity index (χ3n) is 2.05. The molecule has 1 rings (SSSR count). The molecule has 3 nitrogen and oxygen atoms in total. The standard InChI is InChI=1S/C15H13O3P/c1-3-17-19(16,18-4-2)14-10-6-9-13-15-11-7-5-8-12-15/h1-2,5-13H,14H2/b10-6+,13-9+. The van der Waals surface area contributed by atoms with E-state index in [1.165, 1.54) is 0 Å². The van der Waals surface area contributed by atoms with Crippen LogP contribution in [-0.4, -0.2) is 6.16 Å². The molecule has 0 saturated carbocycles. The first-order chi connectivity index (χ1) is 9.20. The van der Waals surface area contributed by atoms with Crippen LogP contribution in [0.5, 0.6) is 0 Å². The Balaban J connectivity index is 2.54. The number of hydrogen-bond acceptors (Lipinski definition) is 3. The maximum Gasteiger partial charge on any atom is 0.450 e. The van der Waals surface area contributed by atoms with Gasteiger partial charge in [0.25, 0.3) is 0 Å². The quantitative estimate of drug-likeness (QED) is 0.450. The van der Waals surface area contributed by atoms with Crippen molar-refractivity contribution in [2.75, 3.05) is 6.16 Å². The predicted octanol–water partition coefficient (Wildman–Crippen LogP) is 3.66. The molecule has 0 aliphatic carbocycles. The van der Waals surface area contributed by atoms with Crippen LogP contribution >= 0.6 is 7.60 Å². The van der Waals surface area contributed by atoms with Crippen LogP contribution < -0.4 is 0 Å². The molecule has 0 amide bonds. The minimum atomic E-state index is -3.42. The van der Waals surface area contributed by atoms with Crippen LogP contribution in [-0.2, 0) is 13.6 Å². The minimum Gasteiger partial charge on any atom is -0.362 e. The summed E-state index contributed by atoms with van der Waals surface area (Å²) < 4.78 is 21.0. The van der Waals surface area contributed by atoms with E-state index in [-0.39, 0.29) is 6.16 Å². The highest BCUT2D eigenvalue weighted by molar-refractivity contribution is 7.54. The van der Waals surface area contributed by atoms with Gasteiger partial charge < -0.3 is 9.05 Å².